The van der Waals surface area contributed by atoms with Gasteiger partial charge in [-0.25, -0.2) is 0 Å². The van der Waals surface area contributed by atoms with Crippen LogP contribution in [0.1, 0.15) is 17.3 Å². The van der Waals surface area contributed by atoms with Crippen molar-refractivity contribution in [3.8, 4) is 11.5 Å². The van der Waals surface area contributed by atoms with Crippen LogP contribution < -0.4 is 4.74 Å². The maximum atomic E-state index is 11.0. The van der Waals surface area contributed by atoms with Crippen LogP contribution in [-0.2, 0) is 0 Å². The average Bonchev–Trinajstić information content (AvgIpc) is 2.03. The maximum Gasteiger partial charge on any atom is 0.174 e. The molecule has 0 aliphatic heterocycles. The van der Waals surface area contributed by atoms with Gasteiger partial charge in [-0.1, -0.05) is 0 Å². The van der Waals surface area contributed by atoms with Gasteiger partial charge in [0.25, 0.3) is 0 Å². The molecule has 3 nitrogen and oxygen atoms in total. The highest BCUT2D eigenvalue weighted by atomic mass is 79.9. The summed E-state index contributed by atoms with van der Waals surface area (Å²) in [6, 6.07) is 2.99. The van der Waals surface area contributed by atoms with Gasteiger partial charge in [0.05, 0.1) is 11.6 Å². The van der Waals surface area contributed by atoms with E-state index in [1.54, 1.807) is 6.07 Å². The van der Waals surface area contributed by atoms with E-state index in [0.29, 0.717) is 15.8 Å². The first kappa shape index (κ1) is 10.1. The van der Waals surface area contributed by atoms with Crippen LogP contribution >= 0.6 is 15.9 Å². The van der Waals surface area contributed by atoms with Crippen molar-refractivity contribution in [3.05, 3.63) is 22.2 Å². The summed E-state index contributed by atoms with van der Waals surface area (Å²) in [7, 11) is 1.45. The van der Waals surface area contributed by atoms with Gasteiger partial charge >= 0.3 is 0 Å². The number of ketones is 1. The molecule has 0 saturated carbocycles. The molecule has 0 fully saturated rings. The number of aromatic hydroxyl groups is 1. The van der Waals surface area contributed by atoms with Crippen molar-refractivity contribution in [1.29, 1.82) is 0 Å². The van der Waals surface area contributed by atoms with Crippen LogP contribution in [0, 0.1) is 0 Å². The van der Waals surface area contributed by atoms with E-state index in [4.69, 9.17) is 4.74 Å². The van der Waals surface area contributed by atoms with Crippen LogP contribution in [0.2, 0.25) is 0 Å². The SMILES string of the molecule is COc1c(O)cc(C(C)=O)cc1Br. The molecule has 0 unspecified atom stereocenters. The van der Waals surface area contributed by atoms with Crippen LogP contribution in [0.4, 0.5) is 0 Å². The lowest BCUT2D eigenvalue weighted by molar-refractivity contribution is 0.101. The zero-order valence-electron chi connectivity index (χ0n) is 7.30. The third kappa shape index (κ3) is 2.01. The van der Waals surface area contributed by atoms with E-state index >= 15 is 0 Å². The Hall–Kier alpha value is -1.03. The molecule has 0 radical (unpaired) electrons. The predicted octanol–water partition coefficient (Wildman–Crippen LogP) is 2.37. The van der Waals surface area contributed by atoms with Gasteiger partial charge in [-0.2, -0.15) is 0 Å². The van der Waals surface area contributed by atoms with Gasteiger partial charge in [-0.3, -0.25) is 4.79 Å². The number of carbonyl (C=O) groups excluding carboxylic acids is 1. The Morgan fingerprint density at radius 3 is 2.54 bits per heavy atom. The molecule has 0 heterocycles. The summed E-state index contributed by atoms with van der Waals surface area (Å²) in [4.78, 5) is 11.0. The summed E-state index contributed by atoms with van der Waals surface area (Å²) in [6.45, 7) is 1.44. The van der Waals surface area contributed by atoms with E-state index in [-0.39, 0.29) is 11.5 Å². The highest BCUT2D eigenvalue weighted by molar-refractivity contribution is 9.10. The molecule has 4 heteroatoms. The zero-order valence-corrected chi connectivity index (χ0v) is 8.88. The topological polar surface area (TPSA) is 46.5 Å². The Balaban J connectivity index is 3.28. The Labute approximate surface area is 84.5 Å². The summed E-state index contributed by atoms with van der Waals surface area (Å²) in [5.74, 6) is 0.200. The van der Waals surface area contributed by atoms with E-state index in [1.807, 2.05) is 0 Å². The molecule has 0 saturated heterocycles. The number of phenols is 1. The molecular formula is C9H9BrO3. The monoisotopic (exact) mass is 244 g/mol. The Bertz CT molecular complexity index is 324. The van der Waals surface area contributed by atoms with Crippen molar-refractivity contribution >= 4 is 21.7 Å². The van der Waals surface area contributed by atoms with Gasteiger partial charge in [0.15, 0.2) is 17.3 Å². The van der Waals surface area contributed by atoms with Crippen molar-refractivity contribution in [2.75, 3.05) is 7.11 Å². The highest BCUT2D eigenvalue weighted by Gasteiger charge is 2.10. The summed E-state index contributed by atoms with van der Waals surface area (Å²) < 4.78 is 5.47. The van der Waals surface area contributed by atoms with Gasteiger partial charge in [0.1, 0.15) is 0 Å². The normalized spacial score (nSPS) is 9.77. The second-order valence-corrected chi connectivity index (χ2v) is 3.42. The molecule has 0 amide bonds. The summed E-state index contributed by atoms with van der Waals surface area (Å²) in [5, 5.41) is 9.41. The molecule has 1 rings (SSSR count). The van der Waals surface area contributed by atoms with Crippen LogP contribution in [0.15, 0.2) is 16.6 Å². The second-order valence-electron chi connectivity index (χ2n) is 2.57. The number of phenolic OH excluding ortho intramolecular Hbond substituents is 1. The molecule has 13 heavy (non-hydrogen) atoms. The molecule has 0 aliphatic carbocycles. The van der Waals surface area contributed by atoms with Gasteiger partial charge in [0.2, 0.25) is 0 Å². The first-order valence-electron chi connectivity index (χ1n) is 3.63. The molecule has 0 aromatic heterocycles. The smallest absolute Gasteiger partial charge is 0.174 e. The third-order valence-corrected chi connectivity index (χ3v) is 2.22. The van der Waals surface area contributed by atoms with E-state index < -0.39 is 0 Å². The number of hydrogen-bond donors (Lipinski definition) is 1. The summed E-state index contributed by atoms with van der Waals surface area (Å²) in [6.07, 6.45) is 0. The third-order valence-electron chi connectivity index (χ3n) is 1.63. The number of Topliss-reactive ketones (excluding diaryl/α,β-unsaturated/α-hetero) is 1. The number of ether oxygens (including phenoxy) is 1. The Morgan fingerprint density at radius 2 is 2.15 bits per heavy atom. The zero-order chi connectivity index (χ0) is 10.0. The largest absolute Gasteiger partial charge is 0.504 e. The lowest BCUT2D eigenvalue weighted by Gasteiger charge is -2.06. The summed E-state index contributed by atoms with van der Waals surface area (Å²) >= 11 is 3.19. The molecule has 70 valence electrons. The minimum atomic E-state index is -0.0985. The van der Waals surface area contributed by atoms with E-state index in [9.17, 15) is 9.90 Å². The lowest BCUT2D eigenvalue weighted by Crippen LogP contribution is -1.93. The number of methoxy groups -OCH3 is 1. The van der Waals surface area contributed by atoms with Crippen LogP contribution in [0.25, 0.3) is 0 Å². The first-order valence-corrected chi connectivity index (χ1v) is 4.43. The number of benzene rings is 1. The molecule has 0 aliphatic rings. The van der Waals surface area contributed by atoms with Crippen LogP contribution in [-0.4, -0.2) is 18.0 Å². The van der Waals surface area contributed by atoms with Crippen molar-refractivity contribution in [3.63, 3.8) is 0 Å². The Morgan fingerprint density at radius 1 is 1.54 bits per heavy atom. The van der Waals surface area contributed by atoms with Gasteiger partial charge < -0.3 is 9.84 Å². The van der Waals surface area contributed by atoms with Gasteiger partial charge in [-0.05, 0) is 35.0 Å². The quantitative estimate of drug-likeness (QED) is 0.813. The van der Waals surface area contributed by atoms with E-state index in [0.717, 1.165) is 0 Å². The molecule has 1 aromatic carbocycles. The number of halogens is 1. The molecule has 0 atom stereocenters. The Kier molecular flexibility index (Phi) is 2.93. The molecular weight excluding hydrogens is 236 g/mol. The lowest BCUT2D eigenvalue weighted by atomic mass is 10.1. The highest BCUT2D eigenvalue weighted by Crippen LogP contribution is 2.35. The fourth-order valence-corrected chi connectivity index (χ4v) is 1.60. The average molecular weight is 245 g/mol. The second kappa shape index (κ2) is 3.79. The predicted molar refractivity (Wildman–Crippen MR) is 52.4 cm³/mol. The molecule has 0 bridgehead atoms. The van der Waals surface area contributed by atoms with Crippen LogP contribution in [0.5, 0.6) is 11.5 Å². The van der Waals surface area contributed by atoms with Crippen molar-refractivity contribution in [1.82, 2.24) is 0 Å². The van der Waals surface area contributed by atoms with Gasteiger partial charge in [0, 0.05) is 5.56 Å². The fraction of sp³-hybridized carbons (Fsp3) is 0.222. The molecule has 1 N–H and O–H groups in total. The van der Waals surface area contributed by atoms with E-state index in [2.05, 4.69) is 15.9 Å². The summed E-state index contributed by atoms with van der Waals surface area (Å²) in [5.41, 5.74) is 0.449. The van der Waals surface area contributed by atoms with Crippen molar-refractivity contribution in [2.24, 2.45) is 0 Å². The molecule has 0 spiro atoms. The van der Waals surface area contributed by atoms with E-state index in [1.165, 1.54) is 20.1 Å². The van der Waals surface area contributed by atoms with Crippen molar-refractivity contribution in [2.45, 2.75) is 6.92 Å². The van der Waals surface area contributed by atoms with Gasteiger partial charge in [-0.15, -0.1) is 0 Å². The van der Waals surface area contributed by atoms with Crippen molar-refractivity contribution < 1.29 is 14.6 Å². The standard InChI is InChI=1S/C9H9BrO3/c1-5(11)6-3-7(10)9(13-2)8(12)4-6/h3-4,12H,1-2H3. The first-order chi connectivity index (χ1) is 6.06. The fourth-order valence-electron chi connectivity index (χ4n) is 0.984. The minimum Gasteiger partial charge on any atom is -0.504 e. The number of rotatable bonds is 2. The number of hydrogen-bond acceptors (Lipinski definition) is 3. The molecule has 1 aromatic rings. The number of carbonyl (C=O) groups is 1. The van der Waals surface area contributed by atoms with Crippen LogP contribution in [0.3, 0.4) is 0 Å². The minimum absolute atomic E-state index is 0.0397. The maximum absolute atomic E-state index is 11.0.